The molecule has 4 rings (SSSR count). The highest BCUT2D eigenvalue weighted by molar-refractivity contribution is 5.81. The Balaban J connectivity index is 1.64. The van der Waals surface area contributed by atoms with Crippen LogP contribution in [0.1, 0.15) is 16.7 Å². The minimum Gasteiger partial charge on any atom is -0.479 e. The lowest BCUT2D eigenvalue weighted by molar-refractivity contribution is -0.146. The van der Waals surface area contributed by atoms with Crippen LogP contribution in [0.5, 0.6) is 0 Å². The maximum Gasteiger partial charge on any atom is 0.335 e. The van der Waals surface area contributed by atoms with Gasteiger partial charge in [0.1, 0.15) is 24.4 Å². The van der Waals surface area contributed by atoms with Gasteiger partial charge < -0.3 is 28.8 Å². The zero-order valence-corrected chi connectivity index (χ0v) is 21.6. The number of benzene rings is 3. The van der Waals surface area contributed by atoms with E-state index >= 15 is 0 Å². The van der Waals surface area contributed by atoms with Crippen LogP contribution in [-0.2, 0) is 53.1 Å². The molecule has 0 saturated carbocycles. The van der Waals surface area contributed by atoms with Crippen molar-refractivity contribution in [3.05, 3.63) is 120 Å². The number of carbonyl (C=O) groups excluding carboxylic acids is 1. The van der Waals surface area contributed by atoms with Gasteiger partial charge in [-0.3, -0.25) is 0 Å². The quantitative estimate of drug-likeness (QED) is 0.175. The van der Waals surface area contributed by atoms with Gasteiger partial charge in [0.15, 0.2) is 6.10 Å². The molecule has 0 spiro atoms. The van der Waals surface area contributed by atoms with E-state index in [-0.39, 0.29) is 19.8 Å². The molecule has 3 aromatic carbocycles. The van der Waals surface area contributed by atoms with Crippen molar-refractivity contribution in [2.45, 2.75) is 50.3 Å². The maximum atomic E-state index is 12.0. The second-order valence-corrected chi connectivity index (χ2v) is 9.03. The molecule has 1 N–H and O–H groups in total. The molecule has 5 atom stereocenters. The van der Waals surface area contributed by atoms with E-state index in [4.69, 9.17) is 23.7 Å². The molecule has 0 aromatic heterocycles. The normalized spacial score (nSPS) is 18.8. The minimum absolute atomic E-state index is 0.203. The number of rotatable bonds is 15. The first-order valence-corrected chi connectivity index (χ1v) is 12.7. The van der Waals surface area contributed by atoms with Gasteiger partial charge in [-0.05, 0) is 22.8 Å². The lowest BCUT2D eigenvalue weighted by atomic mass is 10.0. The molecule has 0 amide bonds. The average molecular weight is 533 g/mol. The molecule has 1 saturated heterocycles. The predicted molar refractivity (Wildman–Crippen MR) is 143 cm³/mol. The fourth-order valence-corrected chi connectivity index (χ4v) is 4.13. The maximum absolute atomic E-state index is 12.0. The Morgan fingerprint density at radius 2 is 1.28 bits per heavy atom. The highest BCUT2D eigenvalue weighted by atomic mass is 16.6. The first-order valence-electron chi connectivity index (χ1n) is 12.7. The Hall–Kier alpha value is -3.82. The number of carboxylic acids is 1. The Morgan fingerprint density at radius 1 is 0.795 bits per heavy atom. The fraction of sp³-hybridized carbons (Fsp3) is 0.290. The Labute approximate surface area is 227 Å². The SMILES string of the molecule is COC(=O)/C=C/[C@@H](OCc1ccccc1)[C@H](OCc1ccccc1)[C@@H](OCc1ccccc1)[C@H]1O[C@@H]1C(=O)O. The molecule has 39 heavy (non-hydrogen) atoms. The smallest absolute Gasteiger partial charge is 0.335 e. The molecule has 8 heteroatoms. The second kappa shape index (κ2) is 14.4. The van der Waals surface area contributed by atoms with Crippen molar-refractivity contribution >= 4 is 11.9 Å². The van der Waals surface area contributed by atoms with Crippen molar-refractivity contribution in [3.63, 3.8) is 0 Å². The van der Waals surface area contributed by atoms with Crippen LogP contribution in [0, 0.1) is 0 Å². The molecule has 1 aliphatic heterocycles. The Bertz CT molecular complexity index is 1200. The van der Waals surface area contributed by atoms with Crippen LogP contribution in [0.25, 0.3) is 0 Å². The molecule has 1 fully saturated rings. The van der Waals surface area contributed by atoms with Crippen LogP contribution in [-0.4, -0.2) is 54.7 Å². The number of esters is 1. The van der Waals surface area contributed by atoms with E-state index in [2.05, 4.69) is 0 Å². The Morgan fingerprint density at radius 3 is 1.74 bits per heavy atom. The summed E-state index contributed by atoms with van der Waals surface area (Å²) in [6, 6.07) is 28.7. The second-order valence-electron chi connectivity index (χ2n) is 9.03. The van der Waals surface area contributed by atoms with E-state index in [0.29, 0.717) is 0 Å². The van der Waals surface area contributed by atoms with Gasteiger partial charge in [-0.25, -0.2) is 9.59 Å². The summed E-state index contributed by atoms with van der Waals surface area (Å²) in [5.74, 6) is -1.64. The van der Waals surface area contributed by atoms with Gasteiger partial charge in [-0.2, -0.15) is 0 Å². The van der Waals surface area contributed by atoms with E-state index in [1.54, 1.807) is 6.08 Å². The lowest BCUT2D eigenvalue weighted by Crippen LogP contribution is -2.45. The van der Waals surface area contributed by atoms with Crippen molar-refractivity contribution in [1.82, 2.24) is 0 Å². The van der Waals surface area contributed by atoms with E-state index < -0.39 is 42.5 Å². The van der Waals surface area contributed by atoms with Crippen LogP contribution in [0.15, 0.2) is 103 Å². The van der Waals surface area contributed by atoms with E-state index in [0.717, 1.165) is 16.7 Å². The molecule has 1 aliphatic rings. The molecule has 0 unspecified atom stereocenters. The molecule has 204 valence electrons. The number of methoxy groups -OCH3 is 1. The topological polar surface area (TPSA) is 104 Å². The van der Waals surface area contributed by atoms with Gasteiger partial charge in [-0.1, -0.05) is 91.0 Å². The van der Waals surface area contributed by atoms with Gasteiger partial charge >= 0.3 is 11.9 Å². The number of carbonyl (C=O) groups is 2. The third kappa shape index (κ3) is 8.59. The van der Waals surface area contributed by atoms with Gasteiger partial charge in [0.05, 0.1) is 26.9 Å². The van der Waals surface area contributed by atoms with Gasteiger partial charge in [-0.15, -0.1) is 0 Å². The van der Waals surface area contributed by atoms with Gasteiger partial charge in [0, 0.05) is 6.08 Å². The summed E-state index contributed by atoms with van der Waals surface area (Å²) in [6.07, 6.45) is -1.42. The summed E-state index contributed by atoms with van der Waals surface area (Å²) in [6.45, 7) is 0.634. The summed E-state index contributed by atoms with van der Waals surface area (Å²) in [7, 11) is 1.29. The van der Waals surface area contributed by atoms with Crippen LogP contribution < -0.4 is 0 Å². The number of ether oxygens (including phenoxy) is 5. The van der Waals surface area contributed by atoms with Gasteiger partial charge in [0.25, 0.3) is 0 Å². The number of carboxylic acid groups (broad SMARTS) is 1. The zero-order chi connectivity index (χ0) is 27.5. The molecule has 3 aromatic rings. The standard InChI is InChI=1S/C31H32O8/c1-35-26(32)18-17-25(36-19-22-11-5-2-6-12-22)27(37-20-23-13-7-3-8-14-23)28(29-30(39-29)31(33)34)38-21-24-15-9-4-10-16-24/h2-18,25,27-30H,19-21H2,1H3,(H,33,34)/b18-17+/t25-,27+,28-,29-,30+/m1/s1. The molecule has 0 radical (unpaired) electrons. The molecular weight excluding hydrogens is 500 g/mol. The molecular formula is C31H32O8. The summed E-state index contributed by atoms with van der Waals surface area (Å²) < 4.78 is 29.3. The van der Waals surface area contributed by atoms with E-state index in [9.17, 15) is 14.7 Å². The lowest BCUT2D eigenvalue weighted by Gasteiger charge is -2.32. The highest BCUT2D eigenvalue weighted by Gasteiger charge is 2.55. The summed E-state index contributed by atoms with van der Waals surface area (Å²) in [5, 5.41) is 9.62. The molecule has 8 nitrogen and oxygen atoms in total. The third-order valence-corrected chi connectivity index (χ3v) is 6.22. The van der Waals surface area contributed by atoms with Crippen LogP contribution >= 0.6 is 0 Å². The first kappa shape index (κ1) is 28.2. The van der Waals surface area contributed by atoms with Crippen LogP contribution in [0.2, 0.25) is 0 Å². The predicted octanol–water partition coefficient (Wildman–Crippen LogP) is 4.32. The largest absolute Gasteiger partial charge is 0.479 e. The summed E-state index contributed by atoms with van der Waals surface area (Å²) in [5.41, 5.74) is 2.74. The average Bonchev–Trinajstić information content (AvgIpc) is 3.78. The molecule has 0 aliphatic carbocycles. The molecule has 0 bridgehead atoms. The first-order chi connectivity index (χ1) is 19.0. The van der Waals surface area contributed by atoms with Crippen LogP contribution in [0.3, 0.4) is 0 Å². The van der Waals surface area contributed by atoms with Gasteiger partial charge in [0.2, 0.25) is 0 Å². The van der Waals surface area contributed by atoms with E-state index in [1.165, 1.54) is 13.2 Å². The van der Waals surface area contributed by atoms with E-state index in [1.807, 2.05) is 91.0 Å². The summed E-state index contributed by atoms with van der Waals surface area (Å²) >= 11 is 0. The van der Waals surface area contributed by atoms with Crippen molar-refractivity contribution in [3.8, 4) is 0 Å². The Kier molecular flexibility index (Phi) is 10.4. The third-order valence-electron chi connectivity index (χ3n) is 6.22. The van der Waals surface area contributed by atoms with Crippen molar-refractivity contribution in [2.75, 3.05) is 7.11 Å². The fourth-order valence-electron chi connectivity index (χ4n) is 4.13. The summed E-state index contributed by atoms with van der Waals surface area (Å²) in [4.78, 5) is 23.8. The number of epoxide rings is 1. The molecule has 1 heterocycles. The highest BCUT2D eigenvalue weighted by Crippen LogP contribution is 2.33. The number of hydrogen-bond acceptors (Lipinski definition) is 7. The van der Waals surface area contributed by atoms with Crippen molar-refractivity contribution in [1.29, 1.82) is 0 Å². The number of hydrogen-bond donors (Lipinski definition) is 1. The van der Waals surface area contributed by atoms with Crippen LogP contribution in [0.4, 0.5) is 0 Å². The van der Waals surface area contributed by atoms with Crippen molar-refractivity contribution < 1.29 is 38.4 Å². The number of aliphatic carboxylic acids is 1. The monoisotopic (exact) mass is 532 g/mol. The minimum atomic E-state index is -1.08. The van der Waals surface area contributed by atoms with Crippen molar-refractivity contribution in [2.24, 2.45) is 0 Å². The zero-order valence-electron chi connectivity index (χ0n) is 21.6.